The van der Waals surface area contributed by atoms with Gasteiger partial charge in [0.2, 0.25) is 5.75 Å². The molecule has 5 nitrogen and oxygen atoms in total. The second-order valence-corrected chi connectivity index (χ2v) is 4.69. The van der Waals surface area contributed by atoms with Gasteiger partial charge in [-0.25, -0.2) is 0 Å². The van der Waals surface area contributed by atoms with Gasteiger partial charge in [-0.3, -0.25) is 4.79 Å². The molecule has 0 saturated carbocycles. The summed E-state index contributed by atoms with van der Waals surface area (Å²) >= 11 is 11.8. The Bertz CT molecular complexity index is 668. The summed E-state index contributed by atoms with van der Waals surface area (Å²) in [5.74, 6) is -2.77. The number of phenolic OH excluding ortho intramolecular Hbond substituents is 3. The number of amides is 1. The zero-order chi connectivity index (χ0) is 14.9. The lowest BCUT2D eigenvalue weighted by Crippen LogP contribution is -2.12. The third kappa shape index (κ3) is 2.59. The Hall–Kier alpha value is -2.11. The van der Waals surface area contributed by atoms with E-state index < -0.39 is 23.2 Å². The molecule has 104 valence electrons. The zero-order valence-corrected chi connectivity index (χ0v) is 11.4. The highest BCUT2D eigenvalue weighted by Gasteiger charge is 2.18. The standard InChI is InChI=1S/C13H9Cl2NO4/c14-7-2-1-3-8(15)10(7)16-13(20)6-4-5-9(17)12(19)11(6)18/h1-5,17-19H,(H,16,20). The predicted octanol–water partition coefficient (Wildman–Crippen LogP) is 3.36. The Morgan fingerprint density at radius 3 is 2.15 bits per heavy atom. The maximum Gasteiger partial charge on any atom is 0.259 e. The molecule has 0 radical (unpaired) electrons. The third-order valence-corrected chi connectivity index (χ3v) is 3.21. The summed E-state index contributed by atoms with van der Waals surface area (Å²) in [6, 6.07) is 6.93. The van der Waals surface area contributed by atoms with E-state index in [9.17, 15) is 20.1 Å². The summed E-state index contributed by atoms with van der Waals surface area (Å²) in [5.41, 5.74) is -0.0379. The molecule has 0 saturated heterocycles. The average molecular weight is 314 g/mol. The monoisotopic (exact) mass is 313 g/mol. The second-order valence-electron chi connectivity index (χ2n) is 3.88. The highest BCUT2D eigenvalue weighted by atomic mass is 35.5. The van der Waals surface area contributed by atoms with Crippen molar-refractivity contribution in [1.29, 1.82) is 0 Å². The lowest BCUT2D eigenvalue weighted by atomic mass is 10.1. The Morgan fingerprint density at radius 2 is 1.55 bits per heavy atom. The molecule has 20 heavy (non-hydrogen) atoms. The van der Waals surface area contributed by atoms with E-state index >= 15 is 0 Å². The number of rotatable bonds is 2. The molecular formula is C13H9Cl2NO4. The second kappa shape index (κ2) is 5.48. The number of hydrogen-bond donors (Lipinski definition) is 4. The maximum absolute atomic E-state index is 12.0. The van der Waals surface area contributed by atoms with Crippen molar-refractivity contribution in [3.8, 4) is 17.2 Å². The lowest BCUT2D eigenvalue weighted by molar-refractivity contribution is 0.102. The van der Waals surface area contributed by atoms with Crippen LogP contribution >= 0.6 is 23.2 Å². The first kappa shape index (κ1) is 14.3. The minimum atomic E-state index is -0.775. The molecule has 0 atom stereocenters. The van der Waals surface area contributed by atoms with E-state index in [0.29, 0.717) is 0 Å². The van der Waals surface area contributed by atoms with Crippen LogP contribution in [-0.4, -0.2) is 21.2 Å². The van der Waals surface area contributed by atoms with Crippen LogP contribution in [0.3, 0.4) is 0 Å². The van der Waals surface area contributed by atoms with Gasteiger partial charge in [0, 0.05) is 0 Å². The molecule has 2 rings (SSSR count). The summed E-state index contributed by atoms with van der Waals surface area (Å²) in [6.07, 6.45) is 0. The number of para-hydroxylation sites is 1. The Morgan fingerprint density at radius 1 is 0.950 bits per heavy atom. The van der Waals surface area contributed by atoms with Gasteiger partial charge in [-0.2, -0.15) is 0 Å². The van der Waals surface area contributed by atoms with Gasteiger partial charge in [-0.15, -0.1) is 0 Å². The molecule has 7 heteroatoms. The van der Waals surface area contributed by atoms with Crippen molar-refractivity contribution in [2.45, 2.75) is 0 Å². The first-order chi connectivity index (χ1) is 9.41. The summed E-state index contributed by atoms with van der Waals surface area (Å²) in [5, 5.41) is 31.1. The third-order valence-electron chi connectivity index (χ3n) is 2.58. The molecule has 0 aliphatic rings. The predicted molar refractivity (Wildman–Crippen MR) is 75.9 cm³/mol. The highest BCUT2D eigenvalue weighted by molar-refractivity contribution is 6.40. The molecule has 0 unspecified atom stereocenters. The highest BCUT2D eigenvalue weighted by Crippen LogP contribution is 2.38. The Labute approximate surface area is 124 Å². The number of halogens is 2. The van der Waals surface area contributed by atoms with Gasteiger partial charge in [-0.1, -0.05) is 29.3 Å². The Balaban J connectivity index is 2.36. The fraction of sp³-hybridized carbons (Fsp3) is 0. The van der Waals surface area contributed by atoms with Gasteiger partial charge in [-0.05, 0) is 24.3 Å². The van der Waals surface area contributed by atoms with Crippen molar-refractivity contribution in [3.05, 3.63) is 45.9 Å². The summed E-state index contributed by atoms with van der Waals surface area (Å²) < 4.78 is 0. The minimum Gasteiger partial charge on any atom is -0.504 e. The molecular weight excluding hydrogens is 305 g/mol. The van der Waals surface area contributed by atoms with Crippen LogP contribution in [0.5, 0.6) is 17.2 Å². The number of carbonyl (C=O) groups excluding carboxylic acids is 1. The van der Waals surface area contributed by atoms with Gasteiger partial charge in [0.25, 0.3) is 5.91 Å². The molecule has 0 spiro atoms. The van der Waals surface area contributed by atoms with Crippen LogP contribution in [0.1, 0.15) is 10.4 Å². The SMILES string of the molecule is O=C(Nc1c(Cl)cccc1Cl)c1ccc(O)c(O)c1O. The fourth-order valence-electron chi connectivity index (χ4n) is 1.55. The van der Waals surface area contributed by atoms with Gasteiger partial charge in [0.15, 0.2) is 11.5 Å². The van der Waals surface area contributed by atoms with E-state index in [1.807, 2.05) is 0 Å². The molecule has 4 N–H and O–H groups in total. The van der Waals surface area contributed by atoms with Crippen LogP contribution in [-0.2, 0) is 0 Å². The van der Waals surface area contributed by atoms with Crippen LogP contribution in [0, 0.1) is 0 Å². The first-order valence-electron chi connectivity index (χ1n) is 5.41. The van der Waals surface area contributed by atoms with Gasteiger partial charge in [0.05, 0.1) is 21.3 Å². The normalized spacial score (nSPS) is 10.3. The molecule has 0 bridgehead atoms. The number of aromatic hydroxyl groups is 3. The minimum absolute atomic E-state index is 0.188. The Kier molecular flexibility index (Phi) is 3.92. The van der Waals surface area contributed by atoms with Crippen molar-refractivity contribution in [1.82, 2.24) is 0 Å². The van der Waals surface area contributed by atoms with Gasteiger partial charge in [0.1, 0.15) is 0 Å². The zero-order valence-electron chi connectivity index (χ0n) is 9.89. The van der Waals surface area contributed by atoms with Crippen LogP contribution < -0.4 is 5.32 Å². The molecule has 2 aromatic carbocycles. The molecule has 1 amide bonds. The van der Waals surface area contributed by atoms with E-state index in [1.54, 1.807) is 6.07 Å². The number of benzene rings is 2. The molecule has 0 aromatic heterocycles. The van der Waals surface area contributed by atoms with Crippen LogP contribution in [0.25, 0.3) is 0 Å². The largest absolute Gasteiger partial charge is 0.504 e. The first-order valence-corrected chi connectivity index (χ1v) is 6.16. The smallest absolute Gasteiger partial charge is 0.259 e. The average Bonchev–Trinajstić information content (AvgIpc) is 2.40. The van der Waals surface area contributed by atoms with E-state index in [4.69, 9.17) is 23.2 Å². The van der Waals surface area contributed by atoms with E-state index in [-0.39, 0.29) is 21.3 Å². The van der Waals surface area contributed by atoms with Crippen LogP contribution in [0.15, 0.2) is 30.3 Å². The van der Waals surface area contributed by atoms with Gasteiger partial charge < -0.3 is 20.6 Å². The van der Waals surface area contributed by atoms with E-state index in [1.165, 1.54) is 12.1 Å². The molecule has 0 heterocycles. The van der Waals surface area contributed by atoms with Gasteiger partial charge >= 0.3 is 0 Å². The van der Waals surface area contributed by atoms with Crippen molar-refractivity contribution in [2.75, 3.05) is 5.32 Å². The maximum atomic E-state index is 12.0. The quantitative estimate of drug-likeness (QED) is 0.640. The van der Waals surface area contributed by atoms with Crippen LogP contribution in [0.4, 0.5) is 5.69 Å². The van der Waals surface area contributed by atoms with Crippen molar-refractivity contribution in [3.63, 3.8) is 0 Å². The van der Waals surface area contributed by atoms with Crippen molar-refractivity contribution < 1.29 is 20.1 Å². The number of anilines is 1. The van der Waals surface area contributed by atoms with Crippen molar-refractivity contribution in [2.24, 2.45) is 0 Å². The summed E-state index contributed by atoms with van der Waals surface area (Å²) in [6.45, 7) is 0. The number of hydrogen-bond acceptors (Lipinski definition) is 4. The fourth-order valence-corrected chi connectivity index (χ4v) is 2.04. The molecule has 2 aromatic rings. The van der Waals surface area contributed by atoms with E-state index in [2.05, 4.69) is 5.32 Å². The number of carbonyl (C=O) groups is 1. The van der Waals surface area contributed by atoms with E-state index in [0.717, 1.165) is 12.1 Å². The summed E-state index contributed by atoms with van der Waals surface area (Å²) in [4.78, 5) is 12.0. The van der Waals surface area contributed by atoms with Crippen LogP contribution in [0.2, 0.25) is 10.0 Å². The molecule has 0 aliphatic heterocycles. The van der Waals surface area contributed by atoms with Crippen molar-refractivity contribution >= 4 is 34.8 Å². The lowest BCUT2D eigenvalue weighted by Gasteiger charge is -2.11. The molecule has 0 fully saturated rings. The molecule has 0 aliphatic carbocycles. The summed E-state index contributed by atoms with van der Waals surface area (Å²) in [7, 11) is 0. The number of nitrogens with one attached hydrogen (secondary N) is 1. The topological polar surface area (TPSA) is 89.8 Å². The number of phenols is 3.